The van der Waals surface area contributed by atoms with Gasteiger partial charge in [-0.1, -0.05) is 48.5 Å². The second kappa shape index (κ2) is 9.14. The lowest BCUT2D eigenvalue weighted by molar-refractivity contribution is -0.125. The van der Waals surface area contributed by atoms with Gasteiger partial charge in [0.2, 0.25) is 5.91 Å². The molecule has 1 aliphatic heterocycles. The Morgan fingerprint density at radius 1 is 1.17 bits per heavy atom. The highest BCUT2D eigenvalue weighted by molar-refractivity contribution is 6.77. The van der Waals surface area contributed by atoms with Crippen LogP contribution in [0, 0.1) is 5.92 Å². The molecule has 1 heterocycles. The molecule has 1 amide bonds. The smallest absolute Gasteiger partial charge is 0.220 e. The summed E-state index contributed by atoms with van der Waals surface area (Å²) in [5, 5.41) is 2.95. The zero-order valence-electron chi connectivity index (χ0n) is 16.6. The van der Waals surface area contributed by atoms with Crippen LogP contribution < -0.4 is 5.32 Å². The normalized spacial score (nSPS) is 22.3. The number of carbonyl (C=O) groups excluding carboxylic acids is 2. The van der Waals surface area contributed by atoms with Crippen molar-refractivity contribution in [2.24, 2.45) is 5.92 Å². The van der Waals surface area contributed by atoms with Gasteiger partial charge in [-0.3, -0.25) is 9.59 Å². The molecule has 0 saturated carbocycles. The minimum Gasteiger partial charge on any atom is -0.416 e. The first-order valence-corrected chi connectivity index (χ1v) is 11.7. The third-order valence-electron chi connectivity index (χ3n) is 5.50. The number of nitrogens with one attached hydrogen (secondary N) is 1. The number of rotatable bonds is 9. The molecule has 2 atom stereocenters. The minimum atomic E-state index is -1.89. The van der Waals surface area contributed by atoms with Crippen molar-refractivity contribution in [2.75, 3.05) is 6.61 Å². The van der Waals surface area contributed by atoms with Crippen LogP contribution in [-0.4, -0.2) is 32.7 Å². The van der Waals surface area contributed by atoms with E-state index >= 15 is 0 Å². The van der Waals surface area contributed by atoms with Gasteiger partial charge in [-0.2, -0.15) is 0 Å². The van der Waals surface area contributed by atoms with Crippen molar-refractivity contribution in [3.63, 3.8) is 0 Å². The fourth-order valence-electron chi connectivity index (χ4n) is 4.58. The van der Waals surface area contributed by atoms with E-state index < -0.39 is 8.32 Å². The predicted molar refractivity (Wildman–Crippen MR) is 102 cm³/mol. The van der Waals surface area contributed by atoms with Gasteiger partial charge in [-0.05, 0) is 29.0 Å². The average Bonchev–Trinajstić information content (AvgIpc) is 2.40. The van der Waals surface area contributed by atoms with Gasteiger partial charge in [-0.15, -0.1) is 0 Å². The molecule has 1 fully saturated rings. The molecule has 4 nitrogen and oxygen atoms in total. The van der Waals surface area contributed by atoms with E-state index in [0.717, 1.165) is 6.42 Å². The Bertz CT molecular complexity index is 413. The lowest BCUT2D eigenvalue weighted by atomic mass is 9.91. The minimum absolute atomic E-state index is 0.0102. The molecule has 140 valence electrons. The van der Waals surface area contributed by atoms with Crippen molar-refractivity contribution >= 4 is 20.0 Å². The summed E-state index contributed by atoms with van der Waals surface area (Å²) in [6, 6.07) is 0.0102. The zero-order chi connectivity index (χ0) is 18.5. The summed E-state index contributed by atoms with van der Waals surface area (Å²) in [6.45, 7) is 16.1. The number of amides is 1. The molecule has 0 aromatic rings. The van der Waals surface area contributed by atoms with Gasteiger partial charge >= 0.3 is 0 Å². The maximum Gasteiger partial charge on any atom is 0.220 e. The monoisotopic (exact) mass is 355 g/mol. The summed E-state index contributed by atoms with van der Waals surface area (Å²) in [7, 11) is -1.89. The second-order valence-corrected chi connectivity index (χ2v) is 13.9. The van der Waals surface area contributed by atoms with Crippen molar-refractivity contribution in [1.82, 2.24) is 5.32 Å². The number of hydrogen-bond donors (Lipinski definition) is 1. The molecule has 0 spiro atoms. The Hall–Kier alpha value is -0.683. The van der Waals surface area contributed by atoms with Gasteiger partial charge in [0.25, 0.3) is 0 Å². The van der Waals surface area contributed by atoms with Crippen molar-refractivity contribution in [2.45, 2.75) is 96.8 Å². The number of hydrogen-bond acceptors (Lipinski definition) is 3. The zero-order valence-corrected chi connectivity index (χ0v) is 17.6. The molecule has 0 radical (unpaired) electrons. The quantitative estimate of drug-likeness (QED) is 0.622. The lowest BCUT2D eigenvalue weighted by Gasteiger charge is -2.42. The van der Waals surface area contributed by atoms with E-state index in [1.54, 1.807) is 0 Å². The molecule has 1 aliphatic rings. The Morgan fingerprint density at radius 3 is 2.17 bits per heavy atom. The summed E-state index contributed by atoms with van der Waals surface area (Å²) >= 11 is 0. The SMILES string of the molecule is CC(C)[Si](OCCC(=O)CC1C[C@@H](C)CC(=O)N1)(C(C)C)C(C)C. The Kier molecular flexibility index (Phi) is 8.13. The van der Waals surface area contributed by atoms with Gasteiger partial charge in [-0.25, -0.2) is 0 Å². The van der Waals surface area contributed by atoms with Crippen LogP contribution in [0.5, 0.6) is 0 Å². The highest BCUT2D eigenvalue weighted by Gasteiger charge is 2.44. The fourth-order valence-corrected chi connectivity index (χ4v) is 10.0. The number of carbonyl (C=O) groups is 2. The summed E-state index contributed by atoms with van der Waals surface area (Å²) in [6.07, 6.45) is 2.39. The average molecular weight is 356 g/mol. The molecule has 0 aliphatic carbocycles. The van der Waals surface area contributed by atoms with Gasteiger partial charge < -0.3 is 9.74 Å². The maximum absolute atomic E-state index is 12.3. The second-order valence-electron chi connectivity index (χ2n) is 8.47. The molecule has 0 bridgehead atoms. The van der Waals surface area contributed by atoms with Crippen molar-refractivity contribution < 1.29 is 14.0 Å². The standard InChI is InChI=1S/C19H37NO3Si/c1-13(2)24(14(3)4,15(5)6)23-9-8-18(21)12-17-10-16(7)11-19(22)20-17/h13-17H,8-12H2,1-7H3,(H,20,22)/t16-,17?/m1/s1. The lowest BCUT2D eigenvalue weighted by Crippen LogP contribution is -2.48. The van der Waals surface area contributed by atoms with Gasteiger partial charge in [0.15, 0.2) is 8.32 Å². The van der Waals surface area contributed by atoms with Crippen LogP contribution in [0.15, 0.2) is 0 Å². The predicted octanol–water partition coefficient (Wildman–Crippen LogP) is 4.44. The van der Waals surface area contributed by atoms with Gasteiger partial charge in [0.05, 0.1) is 0 Å². The molecular weight excluding hydrogens is 318 g/mol. The summed E-state index contributed by atoms with van der Waals surface area (Å²) in [4.78, 5) is 23.9. The summed E-state index contributed by atoms with van der Waals surface area (Å²) in [5.74, 6) is 0.651. The largest absolute Gasteiger partial charge is 0.416 e. The van der Waals surface area contributed by atoms with E-state index in [1.165, 1.54) is 0 Å². The summed E-state index contributed by atoms with van der Waals surface area (Å²) < 4.78 is 6.45. The van der Waals surface area contributed by atoms with E-state index in [1.807, 2.05) is 0 Å². The van der Waals surface area contributed by atoms with Crippen LogP contribution in [0.25, 0.3) is 0 Å². The molecule has 0 aromatic carbocycles. The number of piperidine rings is 1. The third-order valence-corrected chi connectivity index (χ3v) is 11.6. The molecular formula is C19H37NO3Si. The topological polar surface area (TPSA) is 55.4 Å². The molecule has 24 heavy (non-hydrogen) atoms. The number of ketones is 1. The van der Waals surface area contributed by atoms with Crippen LogP contribution >= 0.6 is 0 Å². The van der Waals surface area contributed by atoms with Crippen LogP contribution in [0.4, 0.5) is 0 Å². The van der Waals surface area contributed by atoms with Crippen LogP contribution in [-0.2, 0) is 14.0 Å². The first-order valence-electron chi connectivity index (χ1n) is 9.54. The highest BCUT2D eigenvalue weighted by Crippen LogP contribution is 2.42. The molecule has 1 unspecified atom stereocenters. The van der Waals surface area contributed by atoms with Gasteiger partial charge in [0.1, 0.15) is 5.78 Å². The summed E-state index contributed by atoms with van der Waals surface area (Å²) in [5.41, 5.74) is 1.60. The van der Waals surface area contributed by atoms with E-state index in [4.69, 9.17) is 4.43 Å². The third kappa shape index (κ3) is 5.41. The maximum atomic E-state index is 12.3. The van der Waals surface area contributed by atoms with Crippen molar-refractivity contribution in [1.29, 1.82) is 0 Å². The first kappa shape index (κ1) is 21.4. The molecule has 1 N–H and O–H groups in total. The molecule has 1 saturated heterocycles. The van der Waals surface area contributed by atoms with Crippen LogP contribution in [0.1, 0.15) is 74.1 Å². The van der Waals surface area contributed by atoms with E-state index in [0.29, 0.717) is 48.4 Å². The van der Waals surface area contributed by atoms with Crippen LogP contribution in [0.2, 0.25) is 16.6 Å². The van der Waals surface area contributed by atoms with E-state index in [2.05, 4.69) is 53.8 Å². The fraction of sp³-hybridized carbons (Fsp3) is 0.895. The molecule has 1 rings (SSSR count). The Morgan fingerprint density at radius 2 is 1.71 bits per heavy atom. The van der Waals surface area contributed by atoms with Gasteiger partial charge in [0, 0.05) is 31.9 Å². The molecule has 0 aromatic heterocycles. The Balaban J connectivity index is 2.52. The molecule has 5 heteroatoms. The Labute approximate surface area is 149 Å². The van der Waals surface area contributed by atoms with Crippen molar-refractivity contribution in [3.05, 3.63) is 0 Å². The van der Waals surface area contributed by atoms with E-state index in [9.17, 15) is 9.59 Å². The first-order chi connectivity index (χ1) is 11.1. The highest BCUT2D eigenvalue weighted by atomic mass is 28.4. The number of Topliss-reactive ketones (excluding diaryl/α,β-unsaturated/α-hetero) is 1. The van der Waals surface area contributed by atoms with E-state index in [-0.39, 0.29) is 17.7 Å². The van der Waals surface area contributed by atoms with Crippen molar-refractivity contribution in [3.8, 4) is 0 Å². The van der Waals surface area contributed by atoms with Crippen LogP contribution in [0.3, 0.4) is 0 Å².